The summed E-state index contributed by atoms with van der Waals surface area (Å²) in [5.74, 6) is 0.200. The Morgan fingerprint density at radius 1 is 1.33 bits per heavy atom. The van der Waals surface area contributed by atoms with E-state index in [0.29, 0.717) is 25.5 Å². The van der Waals surface area contributed by atoms with Crippen LogP contribution < -0.4 is 4.74 Å². The number of aromatic amines is 1. The van der Waals surface area contributed by atoms with Crippen LogP contribution in [0.2, 0.25) is 5.02 Å². The van der Waals surface area contributed by atoms with E-state index < -0.39 is 0 Å². The van der Waals surface area contributed by atoms with Crippen LogP contribution in [-0.2, 0) is 0 Å². The number of nitrogens with one attached hydrogen (secondary N) is 1. The molecule has 1 aromatic heterocycles. The van der Waals surface area contributed by atoms with E-state index in [1.165, 1.54) is 6.07 Å². The average molecular weight is 388 g/mol. The summed E-state index contributed by atoms with van der Waals surface area (Å²) < 4.78 is 21.5. The molecule has 2 aromatic carbocycles. The number of imidazole rings is 1. The third kappa shape index (κ3) is 2.47. The molecule has 0 aliphatic heterocycles. The van der Waals surface area contributed by atoms with Gasteiger partial charge in [0.2, 0.25) is 0 Å². The molecule has 21 heavy (non-hydrogen) atoms. The zero-order valence-corrected chi connectivity index (χ0v) is 13.9. The minimum atomic E-state index is -0.348. The Morgan fingerprint density at radius 2 is 2.10 bits per heavy atom. The Morgan fingerprint density at radius 3 is 2.81 bits per heavy atom. The fourth-order valence-corrected chi connectivity index (χ4v) is 2.99. The van der Waals surface area contributed by atoms with E-state index in [0.717, 1.165) is 11.2 Å². The van der Waals surface area contributed by atoms with Gasteiger partial charge in [0.25, 0.3) is 0 Å². The minimum absolute atomic E-state index is 0.348. The summed E-state index contributed by atoms with van der Waals surface area (Å²) in [6.45, 7) is 0. The summed E-state index contributed by atoms with van der Waals surface area (Å²) >= 11 is 14.6. The van der Waals surface area contributed by atoms with Crippen molar-refractivity contribution in [3.8, 4) is 11.4 Å². The van der Waals surface area contributed by atoms with Crippen LogP contribution in [0.25, 0.3) is 16.7 Å². The highest BCUT2D eigenvalue weighted by molar-refractivity contribution is 9.10. The molecule has 3 nitrogen and oxygen atoms in total. The molecule has 0 unspecified atom stereocenters. The summed E-state index contributed by atoms with van der Waals surface area (Å²) in [6, 6.07) is 8.42. The predicted molar refractivity (Wildman–Crippen MR) is 87.7 cm³/mol. The summed E-state index contributed by atoms with van der Waals surface area (Å²) in [4.78, 5) is 2.99. The fraction of sp³-hybridized carbons (Fsp3) is 0.0714. The topological polar surface area (TPSA) is 29.9 Å². The van der Waals surface area contributed by atoms with Crippen LogP contribution in [0.4, 0.5) is 4.39 Å². The zero-order chi connectivity index (χ0) is 15.1. The monoisotopic (exact) mass is 386 g/mol. The van der Waals surface area contributed by atoms with Gasteiger partial charge in [-0.15, -0.1) is 0 Å². The number of nitrogens with zero attached hydrogens (tertiary/aromatic N) is 1. The Hall–Kier alpha value is -1.37. The maximum absolute atomic E-state index is 13.6. The van der Waals surface area contributed by atoms with Gasteiger partial charge in [0.1, 0.15) is 11.6 Å². The highest BCUT2D eigenvalue weighted by atomic mass is 79.9. The van der Waals surface area contributed by atoms with Crippen molar-refractivity contribution in [1.29, 1.82) is 0 Å². The molecule has 0 saturated heterocycles. The molecule has 0 radical (unpaired) electrons. The standard InChI is InChI=1S/C14H9BrClFN2OS/c1-20-13-4-7(2-3-9(13)16)19-12-5-8(15)10(17)6-11(12)18-14(19)21/h2-6H,1H3,(H,18,21). The summed E-state index contributed by atoms with van der Waals surface area (Å²) in [7, 11) is 1.55. The van der Waals surface area contributed by atoms with Crippen LogP contribution >= 0.6 is 39.7 Å². The van der Waals surface area contributed by atoms with Crippen molar-refractivity contribution in [3.05, 3.63) is 50.4 Å². The molecule has 3 aromatic rings. The van der Waals surface area contributed by atoms with Gasteiger partial charge >= 0.3 is 0 Å². The number of benzene rings is 2. The molecule has 0 amide bonds. The number of fused-ring (bicyclic) bond motifs is 1. The Labute approximate surface area is 138 Å². The number of rotatable bonds is 2. The quantitative estimate of drug-likeness (QED) is 0.609. The van der Waals surface area contributed by atoms with Gasteiger partial charge in [-0.25, -0.2) is 4.39 Å². The van der Waals surface area contributed by atoms with Crippen molar-refractivity contribution in [2.75, 3.05) is 7.11 Å². The van der Waals surface area contributed by atoms with Gasteiger partial charge in [-0.1, -0.05) is 11.6 Å². The molecule has 7 heteroatoms. The molecule has 0 saturated carbocycles. The largest absolute Gasteiger partial charge is 0.495 e. The molecule has 1 N–H and O–H groups in total. The van der Waals surface area contributed by atoms with E-state index in [1.54, 1.807) is 29.9 Å². The normalized spacial score (nSPS) is 11.0. The van der Waals surface area contributed by atoms with Crippen LogP contribution in [0.5, 0.6) is 5.75 Å². The fourth-order valence-electron chi connectivity index (χ4n) is 2.15. The second-order valence-corrected chi connectivity index (χ2v) is 6.02. The maximum Gasteiger partial charge on any atom is 0.182 e. The third-order valence-corrected chi connectivity index (χ3v) is 4.32. The second-order valence-electron chi connectivity index (χ2n) is 4.37. The molecule has 108 valence electrons. The number of aromatic nitrogens is 2. The first kappa shape index (κ1) is 14.6. The van der Waals surface area contributed by atoms with Gasteiger partial charge in [-0.05, 0) is 46.3 Å². The van der Waals surface area contributed by atoms with E-state index in [4.69, 9.17) is 28.6 Å². The van der Waals surface area contributed by atoms with E-state index in [9.17, 15) is 4.39 Å². The predicted octanol–water partition coefficient (Wildman–Crippen LogP) is 5.25. The van der Waals surface area contributed by atoms with Crippen molar-refractivity contribution in [2.45, 2.75) is 0 Å². The number of hydrogen-bond acceptors (Lipinski definition) is 2. The highest BCUT2D eigenvalue weighted by Crippen LogP contribution is 2.30. The molecular formula is C14H9BrClFN2OS. The molecule has 0 aliphatic carbocycles. The lowest BCUT2D eigenvalue weighted by atomic mass is 10.2. The first-order valence-corrected chi connectivity index (χ1v) is 7.53. The van der Waals surface area contributed by atoms with Crippen LogP contribution in [0.15, 0.2) is 34.8 Å². The zero-order valence-electron chi connectivity index (χ0n) is 10.8. The first-order chi connectivity index (χ1) is 10.0. The van der Waals surface area contributed by atoms with E-state index in [1.807, 2.05) is 6.07 Å². The smallest absolute Gasteiger partial charge is 0.182 e. The van der Waals surface area contributed by atoms with E-state index >= 15 is 0 Å². The molecule has 0 spiro atoms. The lowest BCUT2D eigenvalue weighted by molar-refractivity contribution is 0.415. The number of halogens is 3. The van der Waals surface area contributed by atoms with Gasteiger partial charge in [-0.2, -0.15) is 0 Å². The number of H-pyrrole nitrogens is 1. The second kappa shape index (κ2) is 5.44. The Kier molecular flexibility index (Phi) is 3.77. The number of hydrogen-bond donors (Lipinski definition) is 1. The average Bonchev–Trinajstić information content (AvgIpc) is 2.75. The molecule has 0 fully saturated rings. The van der Waals surface area contributed by atoms with Crippen LogP contribution in [0, 0.1) is 10.6 Å². The van der Waals surface area contributed by atoms with Crippen molar-refractivity contribution >= 4 is 50.8 Å². The molecule has 0 bridgehead atoms. The lowest BCUT2D eigenvalue weighted by Gasteiger charge is -2.08. The number of ether oxygens (including phenoxy) is 1. The van der Waals surface area contributed by atoms with Gasteiger partial charge < -0.3 is 9.72 Å². The molecule has 1 heterocycles. The molecule has 0 aliphatic rings. The maximum atomic E-state index is 13.6. The van der Waals surface area contributed by atoms with Crippen LogP contribution in [0.3, 0.4) is 0 Å². The molecule has 3 rings (SSSR count). The Bertz CT molecular complexity index is 906. The van der Waals surface area contributed by atoms with Crippen LogP contribution in [-0.4, -0.2) is 16.7 Å². The summed E-state index contributed by atoms with van der Waals surface area (Å²) in [5, 5.41) is 0.514. The van der Waals surface area contributed by atoms with Crippen LogP contribution in [0.1, 0.15) is 0 Å². The lowest BCUT2D eigenvalue weighted by Crippen LogP contribution is -1.95. The van der Waals surface area contributed by atoms with Gasteiger partial charge in [0, 0.05) is 12.1 Å². The van der Waals surface area contributed by atoms with Crippen molar-refractivity contribution in [2.24, 2.45) is 0 Å². The van der Waals surface area contributed by atoms with Crippen molar-refractivity contribution < 1.29 is 9.13 Å². The number of methoxy groups -OCH3 is 1. The summed E-state index contributed by atoms with van der Waals surface area (Å²) in [6.07, 6.45) is 0. The highest BCUT2D eigenvalue weighted by Gasteiger charge is 2.12. The van der Waals surface area contributed by atoms with Crippen molar-refractivity contribution in [1.82, 2.24) is 9.55 Å². The van der Waals surface area contributed by atoms with E-state index in [-0.39, 0.29) is 5.82 Å². The van der Waals surface area contributed by atoms with Gasteiger partial charge in [0.15, 0.2) is 4.77 Å². The first-order valence-electron chi connectivity index (χ1n) is 5.95. The summed E-state index contributed by atoms with van der Waals surface area (Å²) in [5.41, 5.74) is 2.17. The SMILES string of the molecule is COc1cc(-n2c(=S)[nH]c3cc(F)c(Br)cc32)ccc1Cl. The van der Waals surface area contributed by atoms with Gasteiger partial charge in [-0.3, -0.25) is 4.57 Å². The van der Waals surface area contributed by atoms with Crippen molar-refractivity contribution in [3.63, 3.8) is 0 Å². The molecular weight excluding hydrogens is 379 g/mol. The molecule has 0 atom stereocenters. The third-order valence-electron chi connectivity index (χ3n) is 3.12. The van der Waals surface area contributed by atoms with Gasteiger partial charge in [0.05, 0.1) is 33.3 Å². The van der Waals surface area contributed by atoms with E-state index in [2.05, 4.69) is 20.9 Å². The minimum Gasteiger partial charge on any atom is -0.495 e. The Balaban J connectivity index is 2.32.